The Morgan fingerprint density at radius 3 is 2.36 bits per heavy atom. The molecule has 4 nitrogen and oxygen atoms in total. The van der Waals surface area contributed by atoms with Gasteiger partial charge in [-0.25, -0.2) is 4.79 Å². The van der Waals surface area contributed by atoms with Crippen LogP contribution in [-0.2, 0) is 11.3 Å². The zero-order valence-corrected chi connectivity index (χ0v) is 15.1. The quantitative estimate of drug-likeness (QED) is 0.605. The molecular weight excluding hydrogens is 338 g/mol. The summed E-state index contributed by atoms with van der Waals surface area (Å²) in [6, 6.07) is 10.7. The van der Waals surface area contributed by atoms with Crippen LogP contribution in [0.15, 0.2) is 36.4 Å². The Kier molecular flexibility index (Phi) is 5.09. The predicted octanol–water partition coefficient (Wildman–Crippen LogP) is 4.30. The topological polar surface area (TPSA) is 46.6 Å². The SMILES string of the molecule is Cc1cc(OC(=O)c2ccc(CN3CCCC3=O)cc2)cc(C)c1Cl. The first-order chi connectivity index (χ1) is 11.9. The van der Waals surface area contributed by atoms with Crippen molar-refractivity contribution in [2.24, 2.45) is 0 Å². The van der Waals surface area contributed by atoms with Gasteiger partial charge in [-0.3, -0.25) is 4.79 Å². The van der Waals surface area contributed by atoms with Gasteiger partial charge in [0.05, 0.1) is 5.56 Å². The average Bonchev–Trinajstić information content (AvgIpc) is 2.98. The number of aryl methyl sites for hydroxylation is 2. The Hall–Kier alpha value is -2.33. The maximum atomic E-state index is 12.3. The molecule has 0 bridgehead atoms. The van der Waals surface area contributed by atoms with Crippen LogP contribution in [0.4, 0.5) is 0 Å². The molecule has 2 aromatic rings. The number of rotatable bonds is 4. The van der Waals surface area contributed by atoms with Gasteiger partial charge in [-0.15, -0.1) is 0 Å². The second kappa shape index (κ2) is 7.28. The minimum Gasteiger partial charge on any atom is -0.423 e. The normalized spacial score (nSPS) is 14.0. The van der Waals surface area contributed by atoms with Crippen molar-refractivity contribution in [2.75, 3.05) is 6.54 Å². The van der Waals surface area contributed by atoms with E-state index in [0.29, 0.717) is 29.3 Å². The largest absolute Gasteiger partial charge is 0.423 e. The summed E-state index contributed by atoms with van der Waals surface area (Å²) < 4.78 is 5.45. The van der Waals surface area contributed by atoms with Gasteiger partial charge in [0.2, 0.25) is 5.91 Å². The van der Waals surface area contributed by atoms with Gasteiger partial charge >= 0.3 is 5.97 Å². The summed E-state index contributed by atoms with van der Waals surface area (Å²) in [5.74, 6) is 0.262. The third kappa shape index (κ3) is 4.02. The van der Waals surface area contributed by atoms with Crippen LogP contribution < -0.4 is 4.74 Å². The molecular formula is C20H20ClNO3. The van der Waals surface area contributed by atoms with Gasteiger partial charge in [-0.1, -0.05) is 23.7 Å². The third-order valence-corrected chi connectivity index (χ3v) is 4.95. The summed E-state index contributed by atoms with van der Waals surface area (Å²) in [7, 11) is 0. The molecule has 0 spiro atoms. The fraction of sp³-hybridized carbons (Fsp3) is 0.300. The van der Waals surface area contributed by atoms with Crippen LogP contribution in [0.5, 0.6) is 5.75 Å². The molecule has 0 N–H and O–H groups in total. The fourth-order valence-corrected chi connectivity index (χ4v) is 3.08. The molecule has 2 aromatic carbocycles. The lowest BCUT2D eigenvalue weighted by Crippen LogP contribution is -2.23. The lowest BCUT2D eigenvalue weighted by Gasteiger charge is -2.15. The first-order valence-corrected chi connectivity index (χ1v) is 8.67. The number of carbonyl (C=O) groups is 2. The molecule has 1 aliphatic rings. The summed E-state index contributed by atoms with van der Waals surface area (Å²) >= 11 is 6.13. The minimum absolute atomic E-state index is 0.192. The highest BCUT2D eigenvalue weighted by molar-refractivity contribution is 6.32. The zero-order chi connectivity index (χ0) is 18.0. The molecule has 1 amide bonds. The molecule has 0 atom stereocenters. The molecule has 0 unspecified atom stereocenters. The Morgan fingerprint density at radius 1 is 1.16 bits per heavy atom. The Bertz CT molecular complexity index is 791. The van der Waals surface area contributed by atoms with Crippen molar-refractivity contribution < 1.29 is 14.3 Å². The first-order valence-electron chi connectivity index (χ1n) is 8.29. The molecule has 130 valence electrons. The van der Waals surface area contributed by atoms with Gasteiger partial charge in [-0.05, 0) is 61.2 Å². The van der Waals surface area contributed by atoms with Gasteiger partial charge in [0, 0.05) is 24.5 Å². The number of halogens is 1. The number of hydrogen-bond acceptors (Lipinski definition) is 3. The molecule has 0 aromatic heterocycles. The molecule has 1 heterocycles. The van der Waals surface area contributed by atoms with Crippen molar-refractivity contribution in [1.29, 1.82) is 0 Å². The molecule has 0 saturated carbocycles. The summed E-state index contributed by atoms with van der Waals surface area (Å²) in [4.78, 5) is 25.8. The number of likely N-dealkylation sites (tertiary alicyclic amines) is 1. The number of nitrogens with zero attached hydrogens (tertiary/aromatic N) is 1. The molecule has 1 fully saturated rings. The van der Waals surface area contributed by atoms with E-state index in [9.17, 15) is 9.59 Å². The van der Waals surface area contributed by atoms with Gasteiger partial charge < -0.3 is 9.64 Å². The van der Waals surface area contributed by atoms with E-state index in [1.165, 1.54) is 0 Å². The molecule has 3 rings (SSSR count). The second-order valence-electron chi connectivity index (χ2n) is 6.38. The molecule has 1 aliphatic heterocycles. The monoisotopic (exact) mass is 357 g/mol. The van der Waals surface area contributed by atoms with Crippen LogP contribution in [0.25, 0.3) is 0 Å². The van der Waals surface area contributed by atoms with E-state index < -0.39 is 5.97 Å². The van der Waals surface area contributed by atoms with Crippen molar-refractivity contribution in [3.8, 4) is 5.75 Å². The third-order valence-electron chi connectivity index (χ3n) is 4.35. The van der Waals surface area contributed by atoms with Crippen molar-refractivity contribution in [1.82, 2.24) is 4.90 Å². The maximum absolute atomic E-state index is 12.3. The van der Waals surface area contributed by atoms with Gasteiger partial charge in [-0.2, -0.15) is 0 Å². The molecule has 5 heteroatoms. The predicted molar refractivity (Wildman–Crippen MR) is 97.0 cm³/mol. The van der Waals surface area contributed by atoms with E-state index in [0.717, 1.165) is 29.7 Å². The number of benzene rings is 2. The molecule has 1 saturated heterocycles. The number of carbonyl (C=O) groups excluding carboxylic acids is 2. The molecule has 0 aliphatic carbocycles. The first kappa shape index (κ1) is 17.5. The highest BCUT2D eigenvalue weighted by atomic mass is 35.5. The van der Waals surface area contributed by atoms with E-state index in [1.54, 1.807) is 24.3 Å². The van der Waals surface area contributed by atoms with Crippen molar-refractivity contribution in [3.05, 3.63) is 63.7 Å². The molecule has 25 heavy (non-hydrogen) atoms. The Morgan fingerprint density at radius 2 is 1.80 bits per heavy atom. The van der Waals surface area contributed by atoms with E-state index in [-0.39, 0.29) is 5.91 Å². The summed E-state index contributed by atoms with van der Waals surface area (Å²) in [6.07, 6.45) is 1.55. The fourth-order valence-electron chi connectivity index (χ4n) is 2.97. The number of hydrogen-bond donors (Lipinski definition) is 0. The lowest BCUT2D eigenvalue weighted by molar-refractivity contribution is -0.128. The minimum atomic E-state index is -0.412. The van der Waals surface area contributed by atoms with E-state index in [1.807, 2.05) is 30.9 Å². The van der Waals surface area contributed by atoms with Gasteiger partial charge in [0.25, 0.3) is 0 Å². The highest BCUT2D eigenvalue weighted by Gasteiger charge is 2.20. The maximum Gasteiger partial charge on any atom is 0.343 e. The smallest absolute Gasteiger partial charge is 0.343 e. The summed E-state index contributed by atoms with van der Waals surface area (Å²) in [5, 5.41) is 0.681. The van der Waals surface area contributed by atoms with Gasteiger partial charge in [0.1, 0.15) is 5.75 Å². The standard InChI is InChI=1S/C20H20ClNO3/c1-13-10-17(11-14(2)19(13)21)25-20(24)16-7-5-15(6-8-16)12-22-9-3-4-18(22)23/h5-8,10-11H,3-4,9,12H2,1-2H3. The summed E-state index contributed by atoms with van der Waals surface area (Å²) in [6.45, 7) is 5.14. The number of amides is 1. The van der Waals surface area contributed by atoms with E-state index >= 15 is 0 Å². The van der Waals surface area contributed by atoms with Crippen LogP contribution in [0, 0.1) is 13.8 Å². The van der Waals surface area contributed by atoms with E-state index in [4.69, 9.17) is 16.3 Å². The van der Waals surface area contributed by atoms with Crippen LogP contribution in [0.3, 0.4) is 0 Å². The van der Waals surface area contributed by atoms with Crippen LogP contribution in [-0.4, -0.2) is 23.3 Å². The Labute approximate surface area is 152 Å². The number of esters is 1. The van der Waals surface area contributed by atoms with Crippen LogP contribution in [0.1, 0.15) is 39.9 Å². The van der Waals surface area contributed by atoms with Crippen molar-refractivity contribution >= 4 is 23.5 Å². The summed E-state index contributed by atoms with van der Waals surface area (Å²) in [5.41, 5.74) is 3.22. The van der Waals surface area contributed by atoms with Crippen molar-refractivity contribution in [3.63, 3.8) is 0 Å². The van der Waals surface area contributed by atoms with Crippen LogP contribution >= 0.6 is 11.6 Å². The van der Waals surface area contributed by atoms with E-state index in [2.05, 4.69) is 0 Å². The van der Waals surface area contributed by atoms with Crippen LogP contribution in [0.2, 0.25) is 5.02 Å². The van der Waals surface area contributed by atoms with Gasteiger partial charge in [0.15, 0.2) is 0 Å². The average molecular weight is 358 g/mol. The molecule has 0 radical (unpaired) electrons. The van der Waals surface area contributed by atoms with Crippen molar-refractivity contribution in [2.45, 2.75) is 33.2 Å². The highest BCUT2D eigenvalue weighted by Crippen LogP contribution is 2.26. The lowest BCUT2D eigenvalue weighted by atomic mass is 10.1. The Balaban J connectivity index is 1.67. The number of ether oxygens (including phenoxy) is 1. The second-order valence-corrected chi connectivity index (χ2v) is 6.75. The zero-order valence-electron chi connectivity index (χ0n) is 14.3.